The third kappa shape index (κ3) is 2.26. The molecule has 0 amide bonds. The molecule has 1 aromatic carbocycles. The monoisotopic (exact) mass is 220 g/mol. The number of rotatable bonds is 4. The fourth-order valence-electron chi connectivity index (χ4n) is 1.68. The lowest BCUT2D eigenvalue weighted by Gasteiger charge is -2.16. The molecule has 4 nitrogen and oxygen atoms in total. The molecule has 3 N–H and O–H groups in total. The van der Waals surface area contributed by atoms with Crippen molar-refractivity contribution in [2.75, 3.05) is 7.11 Å². The van der Waals surface area contributed by atoms with Gasteiger partial charge in [0, 0.05) is 11.6 Å². The summed E-state index contributed by atoms with van der Waals surface area (Å²) in [6, 6.07) is 4.87. The predicted octanol–water partition coefficient (Wildman–Crippen LogP) is 2.07. The molecule has 0 bridgehead atoms. The van der Waals surface area contributed by atoms with Crippen molar-refractivity contribution in [2.45, 2.75) is 25.8 Å². The first-order chi connectivity index (χ1) is 7.65. The van der Waals surface area contributed by atoms with Gasteiger partial charge in [-0.25, -0.2) is 0 Å². The van der Waals surface area contributed by atoms with Crippen molar-refractivity contribution in [1.82, 2.24) is 0 Å². The standard InChI is InChI=1S/C12H16N2O2/c1-3-4-9(14)11-8(7-13)5-6-10(16-2)12(11)15/h5-6,9,15H,3-4,14H2,1-2H3/t9-/m0/s1. The van der Waals surface area contributed by atoms with Crippen LogP contribution in [0.15, 0.2) is 12.1 Å². The second kappa shape index (κ2) is 5.38. The van der Waals surface area contributed by atoms with E-state index < -0.39 is 0 Å². The highest BCUT2D eigenvalue weighted by Crippen LogP contribution is 2.36. The maximum atomic E-state index is 9.94. The van der Waals surface area contributed by atoms with Gasteiger partial charge in [0.2, 0.25) is 0 Å². The van der Waals surface area contributed by atoms with Crippen molar-refractivity contribution in [3.63, 3.8) is 0 Å². The van der Waals surface area contributed by atoms with Crippen LogP contribution in [-0.2, 0) is 0 Å². The van der Waals surface area contributed by atoms with Crippen molar-refractivity contribution >= 4 is 0 Å². The number of nitriles is 1. The summed E-state index contributed by atoms with van der Waals surface area (Å²) in [5.74, 6) is 0.322. The zero-order chi connectivity index (χ0) is 12.1. The molecule has 4 heteroatoms. The molecule has 0 aromatic heterocycles. The topological polar surface area (TPSA) is 79.3 Å². The molecule has 1 aromatic rings. The first-order valence-corrected chi connectivity index (χ1v) is 5.21. The van der Waals surface area contributed by atoms with E-state index >= 15 is 0 Å². The number of nitrogens with zero attached hydrogens (tertiary/aromatic N) is 1. The smallest absolute Gasteiger partial charge is 0.163 e. The Morgan fingerprint density at radius 3 is 2.75 bits per heavy atom. The van der Waals surface area contributed by atoms with Gasteiger partial charge in [-0.2, -0.15) is 5.26 Å². The van der Waals surface area contributed by atoms with Gasteiger partial charge >= 0.3 is 0 Å². The van der Waals surface area contributed by atoms with Crippen LogP contribution in [0.25, 0.3) is 0 Å². The average Bonchev–Trinajstić information content (AvgIpc) is 2.28. The molecule has 86 valence electrons. The fourth-order valence-corrected chi connectivity index (χ4v) is 1.68. The van der Waals surface area contributed by atoms with E-state index in [1.165, 1.54) is 7.11 Å². The second-order valence-corrected chi connectivity index (χ2v) is 3.58. The number of nitrogens with two attached hydrogens (primary N) is 1. The highest BCUT2D eigenvalue weighted by molar-refractivity contribution is 5.55. The summed E-state index contributed by atoms with van der Waals surface area (Å²) in [4.78, 5) is 0. The van der Waals surface area contributed by atoms with E-state index in [0.29, 0.717) is 16.9 Å². The third-order valence-corrected chi connectivity index (χ3v) is 2.49. The summed E-state index contributed by atoms with van der Waals surface area (Å²) < 4.78 is 5.00. The molecule has 1 rings (SSSR count). The van der Waals surface area contributed by atoms with E-state index in [9.17, 15) is 5.11 Å². The molecule has 0 unspecified atom stereocenters. The third-order valence-electron chi connectivity index (χ3n) is 2.49. The van der Waals surface area contributed by atoms with Crippen molar-refractivity contribution in [1.29, 1.82) is 5.26 Å². The highest BCUT2D eigenvalue weighted by atomic mass is 16.5. The van der Waals surface area contributed by atoms with Crippen LogP contribution in [0.4, 0.5) is 0 Å². The van der Waals surface area contributed by atoms with Gasteiger partial charge in [-0.3, -0.25) is 0 Å². The number of hydrogen-bond acceptors (Lipinski definition) is 4. The molecule has 0 spiro atoms. The minimum atomic E-state index is -0.338. The van der Waals surface area contributed by atoms with Crippen molar-refractivity contribution in [2.24, 2.45) is 5.73 Å². The fraction of sp³-hybridized carbons (Fsp3) is 0.417. The molecule has 0 fully saturated rings. The van der Waals surface area contributed by atoms with Gasteiger partial charge < -0.3 is 15.6 Å². The molecule has 0 saturated carbocycles. The Hall–Kier alpha value is -1.73. The summed E-state index contributed by atoms with van der Waals surface area (Å²) in [7, 11) is 1.47. The van der Waals surface area contributed by atoms with E-state index in [1.54, 1.807) is 12.1 Å². The van der Waals surface area contributed by atoms with E-state index in [2.05, 4.69) is 0 Å². The van der Waals surface area contributed by atoms with Gasteiger partial charge in [0.15, 0.2) is 11.5 Å². The maximum absolute atomic E-state index is 9.94. The number of aromatic hydroxyl groups is 1. The van der Waals surface area contributed by atoms with E-state index in [-0.39, 0.29) is 11.8 Å². The van der Waals surface area contributed by atoms with Crippen LogP contribution in [-0.4, -0.2) is 12.2 Å². The van der Waals surface area contributed by atoms with E-state index in [1.807, 2.05) is 13.0 Å². The zero-order valence-corrected chi connectivity index (χ0v) is 9.53. The molecular formula is C12H16N2O2. The predicted molar refractivity (Wildman–Crippen MR) is 61.2 cm³/mol. The number of phenols is 1. The first kappa shape index (κ1) is 12.3. The van der Waals surface area contributed by atoms with Gasteiger partial charge in [-0.15, -0.1) is 0 Å². The summed E-state index contributed by atoms with van der Waals surface area (Å²) in [5, 5.41) is 18.9. The van der Waals surface area contributed by atoms with Crippen LogP contribution < -0.4 is 10.5 Å². The lowest BCUT2D eigenvalue weighted by Crippen LogP contribution is -2.12. The summed E-state index contributed by atoms with van der Waals surface area (Å²) in [5.41, 5.74) is 6.82. The van der Waals surface area contributed by atoms with Crippen molar-refractivity contribution < 1.29 is 9.84 Å². The lowest BCUT2D eigenvalue weighted by molar-refractivity contribution is 0.367. The van der Waals surface area contributed by atoms with Gasteiger partial charge in [0.05, 0.1) is 18.7 Å². The first-order valence-electron chi connectivity index (χ1n) is 5.21. The second-order valence-electron chi connectivity index (χ2n) is 3.58. The molecule has 0 aliphatic carbocycles. The molecule has 0 heterocycles. The van der Waals surface area contributed by atoms with Crippen LogP contribution in [0.1, 0.15) is 36.9 Å². The molecule has 0 aliphatic heterocycles. The highest BCUT2D eigenvalue weighted by Gasteiger charge is 2.18. The molecule has 0 saturated heterocycles. The summed E-state index contributed by atoms with van der Waals surface area (Å²) >= 11 is 0. The van der Waals surface area contributed by atoms with Crippen LogP contribution in [0.2, 0.25) is 0 Å². The number of phenolic OH excluding ortho intramolecular Hbond substituents is 1. The molecule has 16 heavy (non-hydrogen) atoms. The van der Waals surface area contributed by atoms with Crippen molar-refractivity contribution in [3.05, 3.63) is 23.3 Å². The van der Waals surface area contributed by atoms with Gasteiger partial charge in [-0.1, -0.05) is 13.3 Å². The van der Waals surface area contributed by atoms with E-state index in [0.717, 1.165) is 12.8 Å². The number of benzene rings is 1. The minimum Gasteiger partial charge on any atom is -0.504 e. The van der Waals surface area contributed by atoms with Crippen LogP contribution in [0, 0.1) is 11.3 Å². The SMILES string of the molecule is CCC[C@H](N)c1c(C#N)ccc(OC)c1O. The molecule has 1 atom stereocenters. The Balaban J connectivity index is 3.27. The van der Waals surface area contributed by atoms with Gasteiger partial charge in [0.1, 0.15) is 0 Å². The maximum Gasteiger partial charge on any atom is 0.163 e. The van der Waals surface area contributed by atoms with Crippen LogP contribution in [0.5, 0.6) is 11.5 Å². The summed E-state index contributed by atoms with van der Waals surface area (Å²) in [6.45, 7) is 2.00. The Bertz CT molecular complexity index is 410. The number of hydrogen-bond donors (Lipinski definition) is 2. The lowest BCUT2D eigenvalue weighted by atomic mass is 9.97. The largest absolute Gasteiger partial charge is 0.504 e. The van der Waals surface area contributed by atoms with Gasteiger partial charge in [0.25, 0.3) is 0 Å². The molecular weight excluding hydrogens is 204 g/mol. The van der Waals surface area contributed by atoms with E-state index in [4.69, 9.17) is 15.7 Å². The molecule has 0 aliphatic rings. The average molecular weight is 220 g/mol. The van der Waals surface area contributed by atoms with Crippen LogP contribution >= 0.6 is 0 Å². The molecule has 0 radical (unpaired) electrons. The number of ether oxygens (including phenoxy) is 1. The Labute approximate surface area is 95.3 Å². The normalized spacial score (nSPS) is 11.9. The Morgan fingerprint density at radius 2 is 2.25 bits per heavy atom. The quantitative estimate of drug-likeness (QED) is 0.814. The van der Waals surface area contributed by atoms with Crippen molar-refractivity contribution in [3.8, 4) is 17.6 Å². The van der Waals surface area contributed by atoms with Crippen LogP contribution in [0.3, 0.4) is 0 Å². The minimum absolute atomic E-state index is 0.0255. The number of methoxy groups -OCH3 is 1. The Morgan fingerprint density at radius 1 is 1.56 bits per heavy atom. The zero-order valence-electron chi connectivity index (χ0n) is 9.53. The van der Waals surface area contributed by atoms with Gasteiger partial charge in [-0.05, 0) is 18.6 Å². The Kier molecular flexibility index (Phi) is 4.15. The summed E-state index contributed by atoms with van der Waals surface area (Å²) in [6.07, 6.45) is 1.61.